The number of quaternary nitrogens is 1. The second-order valence-corrected chi connectivity index (χ2v) is 8.03. The van der Waals surface area contributed by atoms with E-state index in [2.05, 4.69) is 17.5 Å². The van der Waals surface area contributed by atoms with Crippen molar-refractivity contribution < 1.29 is 14.5 Å². The maximum Gasteiger partial charge on any atom is 0.254 e. The van der Waals surface area contributed by atoms with Crippen LogP contribution in [-0.2, 0) is 11.3 Å². The van der Waals surface area contributed by atoms with Gasteiger partial charge in [-0.15, -0.1) is 11.3 Å². The van der Waals surface area contributed by atoms with Crippen LogP contribution in [0.4, 0.5) is 5.69 Å². The Bertz CT molecular complexity index is 765. The SMILES string of the molecule is O=C(c1ccc(N2CCCC2=O)cc1)N1CC[NH+](Cc2cccs2)CC1. The molecule has 2 aliphatic rings. The van der Waals surface area contributed by atoms with Crippen LogP contribution in [-0.4, -0.2) is 49.4 Å². The standard InChI is InChI=1S/C20H23N3O2S/c24-19-4-1-9-23(19)17-7-5-16(6-8-17)20(25)22-12-10-21(11-13-22)15-18-3-2-14-26-18/h2-3,5-8,14H,1,4,9-13,15H2/p+1. The molecule has 1 aromatic carbocycles. The van der Waals surface area contributed by atoms with Crippen LogP contribution in [0.1, 0.15) is 28.1 Å². The highest BCUT2D eigenvalue weighted by Crippen LogP contribution is 2.22. The average molecular weight is 370 g/mol. The molecule has 4 rings (SSSR count). The highest BCUT2D eigenvalue weighted by molar-refractivity contribution is 7.09. The van der Waals surface area contributed by atoms with Crippen LogP contribution in [0.2, 0.25) is 0 Å². The Balaban J connectivity index is 1.34. The second-order valence-electron chi connectivity index (χ2n) is 6.99. The molecule has 1 aromatic heterocycles. The zero-order chi connectivity index (χ0) is 17.9. The maximum atomic E-state index is 12.8. The van der Waals surface area contributed by atoms with Crippen molar-refractivity contribution in [2.45, 2.75) is 19.4 Å². The molecule has 2 aromatic rings. The molecule has 136 valence electrons. The first-order valence-corrected chi connectivity index (χ1v) is 10.1. The van der Waals surface area contributed by atoms with E-state index in [4.69, 9.17) is 0 Å². The molecular formula is C20H24N3O2S+. The summed E-state index contributed by atoms with van der Waals surface area (Å²) >= 11 is 1.80. The van der Waals surface area contributed by atoms with Gasteiger partial charge in [0, 0.05) is 24.2 Å². The Hall–Kier alpha value is -2.18. The molecule has 3 heterocycles. The van der Waals surface area contributed by atoms with Gasteiger partial charge in [0.2, 0.25) is 5.91 Å². The van der Waals surface area contributed by atoms with Crippen LogP contribution in [0.25, 0.3) is 0 Å². The summed E-state index contributed by atoms with van der Waals surface area (Å²) in [6, 6.07) is 11.8. The number of benzene rings is 1. The third-order valence-electron chi connectivity index (χ3n) is 5.26. The van der Waals surface area contributed by atoms with Crippen LogP contribution >= 0.6 is 11.3 Å². The molecule has 1 N–H and O–H groups in total. The van der Waals surface area contributed by atoms with Gasteiger partial charge in [0.25, 0.3) is 5.91 Å². The normalized spacial score (nSPS) is 18.5. The summed E-state index contributed by atoms with van der Waals surface area (Å²) in [4.78, 5) is 31.3. The molecule has 5 nitrogen and oxygen atoms in total. The third-order valence-corrected chi connectivity index (χ3v) is 6.14. The topological polar surface area (TPSA) is 45.1 Å². The molecule has 0 saturated carbocycles. The fourth-order valence-electron chi connectivity index (χ4n) is 3.75. The molecule has 2 amide bonds. The summed E-state index contributed by atoms with van der Waals surface area (Å²) in [5.74, 6) is 0.272. The molecule has 2 fully saturated rings. The fourth-order valence-corrected chi connectivity index (χ4v) is 4.53. The van der Waals surface area contributed by atoms with Gasteiger partial charge in [-0.2, -0.15) is 0 Å². The van der Waals surface area contributed by atoms with Crippen LogP contribution in [0.3, 0.4) is 0 Å². The molecule has 0 bridgehead atoms. The molecule has 26 heavy (non-hydrogen) atoms. The van der Waals surface area contributed by atoms with E-state index in [1.807, 2.05) is 29.2 Å². The number of nitrogens with zero attached hydrogens (tertiary/aromatic N) is 2. The van der Waals surface area contributed by atoms with E-state index in [9.17, 15) is 9.59 Å². The first-order chi connectivity index (χ1) is 12.7. The Kier molecular flexibility index (Phi) is 5.04. The number of nitrogens with one attached hydrogen (secondary N) is 1. The minimum atomic E-state index is 0.0967. The van der Waals surface area contributed by atoms with Gasteiger partial charge in [0.15, 0.2) is 0 Å². The smallest absolute Gasteiger partial charge is 0.254 e. The van der Waals surface area contributed by atoms with Crippen molar-refractivity contribution in [3.63, 3.8) is 0 Å². The lowest BCUT2D eigenvalue weighted by molar-refractivity contribution is -0.917. The average Bonchev–Trinajstić information content (AvgIpc) is 3.34. The molecule has 0 atom stereocenters. The predicted molar refractivity (Wildman–Crippen MR) is 103 cm³/mol. The summed E-state index contributed by atoms with van der Waals surface area (Å²) in [7, 11) is 0. The van der Waals surface area contributed by atoms with Crippen LogP contribution < -0.4 is 9.80 Å². The lowest BCUT2D eigenvalue weighted by Gasteiger charge is -2.32. The maximum absolute atomic E-state index is 12.8. The second kappa shape index (κ2) is 7.60. The summed E-state index contributed by atoms with van der Waals surface area (Å²) in [5, 5.41) is 2.12. The van der Waals surface area contributed by atoms with Gasteiger partial charge in [-0.1, -0.05) is 6.07 Å². The number of carbonyl (C=O) groups is 2. The van der Waals surface area contributed by atoms with E-state index in [1.54, 1.807) is 21.1 Å². The number of thiophene rings is 1. The predicted octanol–water partition coefficient (Wildman–Crippen LogP) is 1.42. The van der Waals surface area contributed by atoms with E-state index in [-0.39, 0.29) is 11.8 Å². The lowest BCUT2D eigenvalue weighted by Crippen LogP contribution is -3.13. The molecule has 0 aliphatic carbocycles. The Morgan fingerprint density at radius 2 is 1.85 bits per heavy atom. The van der Waals surface area contributed by atoms with Crippen molar-refractivity contribution in [3.8, 4) is 0 Å². The van der Waals surface area contributed by atoms with Gasteiger partial charge in [-0.05, 0) is 42.1 Å². The number of rotatable bonds is 4. The lowest BCUT2D eigenvalue weighted by atomic mass is 10.1. The number of hydrogen-bond acceptors (Lipinski definition) is 3. The van der Waals surface area contributed by atoms with Crippen LogP contribution in [0, 0.1) is 0 Å². The minimum Gasteiger partial charge on any atom is -0.328 e. The number of anilines is 1. The molecular weight excluding hydrogens is 346 g/mol. The first-order valence-electron chi connectivity index (χ1n) is 9.26. The van der Waals surface area contributed by atoms with Gasteiger partial charge < -0.3 is 14.7 Å². The van der Waals surface area contributed by atoms with E-state index in [1.165, 1.54) is 4.88 Å². The van der Waals surface area contributed by atoms with E-state index >= 15 is 0 Å². The molecule has 0 unspecified atom stereocenters. The molecule has 2 saturated heterocycles. The van der Waals surface area contributed by atoms with Crippen molar-refractivity contribution in [3.05, 3.63) is 52.2 Å². The van der Waals surface area contributed by atoms with Crippen molar-refractivity contribution >= 4 is 28.8 Å². The van der Waals surface area contributed by atoms with Crippen LogP contribution in [0.5, 0.6) is 0 Å². The molecule has 0 spiro atoms. The van der Waals surface area contributed by atoms with Crippen LogP contribution in [0.15, 0.2) is 41.8 Å². The van der Waals surface area contributed by atoms with Gasteiger partial charge in [0.1, 0.15) is 6.54 Å². The fraction of sp³-hybridized carbons (Fsp3) is 0.400. The summed E-state index contributed by atoms with van der Waals surface area (Å²) in [6.45, 7) is 5.41. The highest BCUT2D eigenvalue weighted by atomic mass is 32.1. The van der Waals surface area contributed by atoms with Crippen molar-refractivity contribution in [1.82, 2.24) is 4.90 Å². The monoisotopic (exact) mass is 370 g/mol. The Morgan fingerprint density at radius 3 is 2.46 bits per heavy atom. The van der Waals surface area contributed by atoms with Crippen molar-refractivity contribution in [2.24, 2.45) is 0 Å². The summed E-state index contributed by atoms with van der Waals surface area (Å²) in [6.07, 6.45) is 1.54. The zero-order valence-electron chi connectivity index (χ0n) is 14.8. The van der Waals surface area contributed by atoms with E-state index < -0.39 is 0 Å². The molecule has 0 radical (unpaired) electrons. The highest BCUT2D eigenvalue weighted by Gasteiger charge is 2.26. The first kappa shape index (κ1) is 17.2. The van der Waals surface area contributed by atoms with Gasteiger partial charge in [-0.25, -0.2) is 0 Å². The van der Waals surface area contributed by atoms with Gasteiger partial charge >= 0.3 is 0 Å². The molecule has 2 aliphatic heterocycles. The number of amides is 2. The van der Waals surface area contributed by atoms with E-state index in [0.717, 1.165) is 51.4 Å². The Morgan fingerprint density at radius 1 is 1.08 bits per heavy atom. The van der Waals surface area contributed by atoms with Crippen molar-refractivity contribution in [1.29, 1.82) is 0 Å². The van der Waals surface area contributed by atoms with Gasteiger partial charge in [0.05, 0.1) is 31.1 Å². The summed E-state index contributed by atoms with van der Waals surface area (Å²) in [5.41, 5.74) is 1.61. The van der Waals surface area contributed by atoms with E-state index in [0.29, 0.717) is 12.0 Å². The number of hydrogen-bond donors (Lipinski definition) is 1. The number of carbonyl (C=O) groups excluding carboxylic acids is 2. The third kappa shape index (κ3) is 3.66. The van der Waals surface area contributed by atoms with Gasteiger partial charge in [-0.3, -0.25) is 9.59 Å². The van der Waals surface area contributed by atoms with Crippen molar-refractivity contribution in [2.75, 3.05) is 37.6 Å². The molecule has 6 heteroatoms. The largest absolute Gasteiger partial charge is 0.328 e. The minimum absolute atomic E-state index is 0.0967. The Labute approximate surface area is 157 Å². The quantitative estimate of drug-likeness (QED) is 0.885. The zero-order valence-corrected chi connectivity index (χ0v) is 15.6. The summed E-state index contributed by atoms with van der Waals surface area (Å²) < 4.78 is 0. The number of piperazine rings is 1.